The van der Waals surface area contributed by atoms with Gasteiger partial charge in [0, 0.05) is 33.8 Å². The Balaban J connectivity index is 1.81. The molecule has 0 radical (unpaired) electrons. The van der Waals surface area contributed by atoms with E-state index in [2.05, 4.69) is 9.71 Å². The van der Waals surface area contributed by atoms with E-state index < -0.39 is 42.6 Å². The number of primary sulfonamides is 1. The molecule has 1 aliphatic carbocycles. The number of nitrogens with one attached hydrogen (secondary N) is 2. The monoisotopic (exact) mass is 558 g/mol. The largest absolute Gasteiger partial charge is 0.331 e. The number of sulfonamides is 2. The molecule has 0 spiro atoms. The molecule has 5 rings (SSSR count). The lowest BCUT2D eigenvalue weighted by Gasteiger charge is -2.14. The van der Waals surface area contributed by atoms with Gasteiger partial charge >= 0.3 is 0 Å². The predicted molar refractivity (Wildman–Crippen MR) is 139 cm³/mol. The number of aromatic amines is 1. The van der Waals surface area contributed by atoms with Crippen LogP contribution in [0.2, 0.25) is 0 Å². The summed E-state index contributed by atoms with van der Waals surface area (Å²) in [6, 6.07) is 11.2. The zero-order valence-electron chi connectivity index (χ0n) is 20.1. The highest BCUT2D eigenvalue weighted by molar-refractivity contribution is 7.91. The molecule has 0 aliphatic heterocycles. The summed E-state index contributed by atoms with van der Waals surface area (Å²) in [5.41, 5.74) is 0.654. The SMILES string of the molecule is Cc1ccc2c(c1)c(-c1ccc[nH]c1=O)c(C(=O)NS(=O)(=O)C1CC1)n2Cc1cc(S(N)(=O)=O)ccc1F. The van der Waals surface area contributed by atoms with Gasteiger partial charge in [0.25, 0.3) is 11.5 Å². The van der Waals surface area contributed by atoms with E-state index in [1.54, 1.807) is 24.3 Å². The number of hydrogen-bond acceptors (Lipinski definition) is 6. The fourth-order valence-corrected chi connectivity index (χ4v) is 6.26. The molecule has 0 atom stereocenters. The summed E-state index contributed by atoms with van der Waals surface area (Å²) >= 11 is 0. The molecule has 198 valence electrons. The first-order valence-electron chi connectivity index (χ1n) is 11.5. The number of fused-ring (bicyclic) bond motifs is 1. The molecule has 38 heavy (non-hydrogen) atoms. The zero-order valence-corrected chi connectivity index (χ0v) is 21.7. The van der Waals surface area contributed by atoms with E-state index in [1.165, 1.54) is 16.8 Å². The van der Waals surface area contributed by atoms with E-state index >= 15 is 0 Å². The molecule has 0 saturated heterocycles. The van der Waals surface area contributed by atoms with Crippen LogP contribution in [-0.2, 0) is 26.6 Å². The van der Waals surface area contributed by atoms with Crippen molar-refractivity contribution < 1.29 is 26.0 Å². The molecule has 2 aromatic carbocycles. The van der Waals surface area contributed by atoms with E-state index in [0.29, 0.717) is 23.7 Å². The summed E-state index contributed by atoms with van der Waals surface area (Å²) in [5.74, 6) is -1.76. The number of nitrogens with zero attached hydrogens (tertiary/aromatic N) is 1. The number of aryl methyl sites for hydroxylation is 1. The molecule has 0 bridgehead atoms. The Morgan fingerprint density at radius 3 is 2.53 bits per heavy atom. The summed E-state index contributed by atoms with van der Waals surface area (Å²) < 4.78 is 67.6. The molecule has 1 aliphatic rings. The molecule has 2 heterocycles. The second kappa shape index (κ2) is 9.19. The van der Waals surface area contributed by atoms with Crippen LogP contribution in [0.3, 0.4) is 0 Å². The minimum Gasteiger partial charge on any atom is -0.331 e. The second-order valence-electron chi connectivity index (χ2n) is 9.22. The van der Waals surface area contributed by atoms with E-state index in [9.17, 15) is 30.8 Å². The Labute approximate surface area is 217 Å². The van der Waals surface area contributed by atoms with Crippen molar-refractivity contribution in [1.29, 1.82) is 0 Å². The number of halogens is 1. The van der Waals surface area contributed by atoms with Gasteiger partial charge in [-0.15, -0.1) is 0 Å². The first kappa shape index (κ1) is 25.8. The van der Waals surface area contributed by atoms with Crippen molar-refractivity contribution in [3.05, 3.63) is 87.7 Å². The van der Waals surface area contributed by atoms with E-state index in [-0.39, 0.29) is 33.8 Å². The third kappa shape index (κ3) is 4.75. The number of pyridine rings is 1. The van der Waals surface area contributed by atoms with Crippen LogP contribution in [0.25, 0.3) is 22.0 Å². The average Bonchev–Trinajstić information content (AvgIpc) is 3.65. The van der Waals surface area contributed by atoms with Gasteiger partial charge in [-0.05, 0) is 62.2 Å². The molecule has 10 nitrogen and oxygen atoms in total. The van der Waals surface area contributed by atoms with Crippen LogP contribution in [0.15, 0.2) is 64.4 Å². The van der Waals surface area contributed by atoms with Crippen molar-refractivity contribution in [1.82, 2.24) is 14.3 Å². The maximum Gasteiger partial charge on any atom is 0.282 e. The fraction of sp³-hybridized carbons (Fsp3) is 0.200. The highest BCUT2D eigenvalue weighted by Gasteiger charge is 2.38. The van der Waals surface area contributed by atoms with Crippen LogP contribution in [-0.4, -0.2) is 37.5 Å². The molecule has 4 aromatic rings. The molecule has 13 heteroatoms. The molecular formula is C25H23FN4O6S2. The molecule has 1 fully saturated rings. The van der Waals surface area contributed by atoms with Gasteiger partial charge in [-0.2, -0.15) is 0 Å². The van der Waals surface area contributed by atoms with Crippen LogP contribution < -0.4 is 15.4 Å². The number of benzene rings is 2. The minimum absolute atomic E-state index is 0.106. The van der Waals surface area contributed by atoms with Crippen molar-refractivity contribution in [2.45, 2.75) is 36.5 Å². The molecule has 1 amide bonds. The Bertz CT molecular complexity index is 1890. The number of carbonyl (C=O) groups is 1. The Morgan fingerprint density at radius 1 is 1.13 bits per heavy atom. The van der Waals surface area contributed by atoms with Crippen LogP contribution in [0.4, 0.5) is 4.39 Å². The van der Waals surface area contributed by atoms with Crippen LogP contribution in [0.1, 0.15) is 34.5 Å². The number of carbonyl (C=O) groups excluding carboxylic acids is 1. The summed E-state index contributed by atoms with van der Waals surface area (Å²) in [4.78, 5) is 28.7. The maximum atomic E-state index is 14.9. The third-order valence-corrected chi connectivity index (χ3v) is 9.12. The second-order valence-corrected chi connectivity index (χ2v) is 12.7. The summed E-state index contributed by atoms with van der Waals surface area (Å²) in [7, 11) is -8.14. The van der Waals surface area contributed by atoms with Gasteiger partial charge in [0.2, 0.25) is 20.0 Å². The highest BCUT2D eigenvalue weighted by atomic mass is 32.2. The number of nitrogens with two attached hydrogens (primary N) is 1. The lowest BCUT2D eigenvalue weighted by molar-refractivity contribution is 0.0973. The number of rotatable bonds is 7. The van der Waals surface area contributed by atoms with Crippen molar-refractivity contribution in [2.24, 2.45) is 5.14 Å². The van der Waals surface area contributed by atoms with Gasteiger partial charge in [-0.25, -0.2) is 31.1 Å². The Kier molecular flexibility index (Phi) is 6.24. The first-order valence-corrected chi connectivity index (χ1v) is 14.6. The van der Waals surface area contributed by atoms with Crippen LogP contribution in [0.5, 0.6) is 0 Å². The van der Waals surface area contributed by atoms with Crippen molar-refractivity contribution in [2.75, 3.05) is 0 Å². The molecule has 2 aromatic heterocycles. The topological polar surface area (TPSA) is 161 Å². The fourth-order valence-electron chi connectivity index (χ4n) is 4.42. The van der Waals surface area contributed by atoms with Crippen molar-refractivity contribution >= 4 is 36.9 Å². The highest BCUT2D eigenvalue weighted by Crippen LogP contribution is 2.36. The van der Waals surface area contributed by atoms with Gasteiger partial charge in [0.1, 0.15) is 11.5 Å². The van der Waals surface area contributed by atoms with E-state index in [0.717, 1.165) is 23.8 Å². The number of hydrogen-bond donors (Lipinski definition) is 3. The maximum absolute atomic E-state index is 14.9. The minimum atomic E-state index is -4.16. The van der Waals surface area contributed by atoms with Gasteiger partial charge in [-0.3, -0.25) is 9.59 Å². The molecule has 1 saturated carbocycles. The van der Waals surface area contributed by atoms with Crippen LogP contribution >= 0.6 is 0 Å². The summed E-state index contributed by atoms with van der Waals surface area (Å²) in [6.45, 7) is 1.45. The predicted octanol–water partition coefficient (Wildman–Crippen LogP) is 2.36. The van der Waals surface area contributed by atoms with Gasteiger partial charge in [-0.1, -0.05) is 11.6 Å². The van der Waals surface area contributed by atoms with Gasteiger partial charge < -0.3 is 9.55 Å². The Hall–Kier alpha value is -3.81. The zero-order chi connectivity index (χ0) is 27.4. The molecule has 0 unspecified atom stereocenters. The quantitative estimate of drug-likeness (QED) is 0.316. The lowest BCUT2D eigenvalue weighted by atomic mass is 10.0. The third-order valence-electron chi connectivity index (χ3n) is 6.39. The molecule has 4 N–H and O–H groups in total. The van der Waals surface area contributed by atoms with E-state index in [4.69, 9.17) is 5.14 Å². The van der Waals surface area contributed by atoms with Gasteiger partial charge in [0.15, 0.2) is 0 Å². The smallest absolute Gasteiger partial charge is 0.282 e. The number of aromatic nitrogens is 2. The summed E-state index contributed by atoms with van der Waals surface area (Å²) in [6.07, 6.45) is 2.25. The average molecular weight is 559 g/mol. The van der Waals surface area contributed by atoms with Gasteiger partial charge in [0.05, 0.1) is 16.7 Å². The van der Waals surface area contributed by atoms with Crippen molar-refractivity contribution in [3.8, 4) is 11.1 Å². The van der Waals surface area contributed by atoms with E-state index in [1.807, 2.05) is 6.92 Å². The summed E-state index contributed by atoms with van der Waals surface area (Å²) in [5, 5.41) is 4.99. The number of amides is 1. The number of H-pyrrole nitrogens is 1. The van der Waals surface area contributed by atoms with Crippen LogP contribution in [0, 0.1) is 12.7 Å². The lowest BCUT2D eigenvalue weighted by Crippen LogP contribution is -2.35. The first-order chi connectivity index (χ1) is 17.9. The Morgan fingerprint density at radius 2 is 1.87 bits per heavy atom. The normalized spacial score (nSPS) is 14.1. The van der Waals surface area contributed by atoms with Crippen molar-refractivity contribution in [3.63, 3.8) is 0 Å². The standard InChI is InChI=1S/C25H23FN4O6S2/c1-14-4-9-21-19(11-14)22(18-3-2-10-28-24(18)31)23(25(32)29-38(35,36)16-5-6-16)30(21)13-15-12-17(37(27,33)34)7-8-20(15)26/h2-4,7-12,16H,5-6,13H2,1H3,(H,28,31)(H,29,32)(H2,27,33,34). The molecular weight excluding hydrogens is 535 g/mol.